The summed E-state index contributed by atoms with van der Waals surface area (Å²) < 4.78 is 14.9. The molecule has 1 N–H and O–H groups in total. The molecular formula is C17H17FN4. The van der Waals surface area contributed by atoms with Crippen LogP contribution >= 0.6 is 0 Å². The molecule has 1 fully saturated rings. The highest BCUT2D eigenvalue weighted by Crippen LogP contribution is 2.29. The molecule has 4 nitrogen and oxygen atoms in total. The highest BCUT2D eigenvalue weighted by Gasteiger charge is 2.21. The Kier molecular flexibility index (Phi) is 3.06. The number of aryl methyl sites for hydroxylation is 1. The fraction of sp³-hybridized carbons (Fsp3) is 0.294. The lowest BCUT2D eigenvalue weighted by Gasteiger charge is -2.08. The number of aromatic nitrogens is 3. The van der Waals surface area contributed by atoms with E-state index in [9.17, 15) is 4.39 Å². The first-order valence-corrected chi connectivity index (χ1v) is 7.56. The standard InChI is InChI=1S/C17H17FN4/c1-11-8-16(19-10-12-2-3-12)22-17(20-11)9-15(21-22)13-4-6-14(18)7-5-13/h4-9,12,19H,2-3,10H2,1H3. The molecule has 4 rings (SSSR count). The Morgan fingerprint density at radius 3 is 2.73 bits per heavy atom. The van der Waals surface area contributed by atoms with E-state index in [1.807, 2.05) is 23.6 Å². The zero-order valence-electron chi connectivity index (χ0n) is 12.4. The maximum Gasteiger partial charge on any atom is 0.158 e. The maximum absolute atomic E-state index is 13.1. The number of nitrogens with zero attached hydrogens (tertiary/aromatic N) is 3. The van der Waals surface area contributed by atoms with Gasteiger partial charge in [-0.3, -0.25) is 0 Å². The third-order valence-corrected chi connectivity index (χ3v) is 3.96. The number of benzene rings is 1. The Hall–Kier alpha value is -2.43. The predicted molar refractivity (Wildman–Crippen MR) is 84.3 cm³/mol. The van der Waals surface area contributed by atoms with Gasteiger partial charge in [0.25, 0.3) is 0 Å². The number of fused-ring (bicyclic) bond motifs is 1. The van der Waals surface area contributed by atoms with Crippen molar-refractivity contribution in [3.05, 3.63) is 47.9 Å². The molecule has 0 atom stereocenters. The SMILES string of the molecule is Cc1cc(NCC2CC2)n2nc(-c3ccc(F)cc3)cc2n1. The second-order valence-electron chi connectivity index (χ2n) is 5.91. The van der Waals surface area contributed by atoms with Gasteiger partial charge < -0.3 is 5.32 Å². The molecule has 2 aromatic heterocycles. The fourth-order valence-corrected chi connectivity index (χ4v) is 2.56. The molecule has 3 aromatic rings. The van der Waals surface area contributed by atoms with Gasteiger partial charge in [-0.15, -0.1) is 0 Å². The van der Waals surface area contributed by atoms with Gasteiger partial charge in [-0.2, -0.15) is 9.61 Å². The fourth-order valence-electron chi connectivity index (χ4n) is 2.56. The summed E-state index contributed by atoms with van der Waals surface area (Å²) in [6, 6.07) is 10.3. The second-order valence-corrected chi connectivity index (χ2v) is 5.91. The van der Waals surface area contributed by atoms with Crippen LogP contribution in [0.4, 0.5) is 10.2 Å². The molecule has 0 aliphatic heterocycles. The van der Waals surface area contributed by atoms with Crippen LogP contribution in [0, 0.1) is 18.7 Å². The van der Waals surface area contributed by atoms with Crippen LogP contribution in [-0.4, -0.2) is 21.1 Å². The van der Waals surface area contributed by atoms with Crippen molar-refractivity contribution in [3.63, 3.8) is 0 Å². The van der Waals surface area contributed by atoms with E-state index in [2.05, 4.69) is 15.4 Å². The Balaban J connectivity index is 1.74. The largest absolute Gasteiger partial charge is 0.370 e. The Morgan fingerprint density at radius 2 is 2.00 bits per heavy atom. The van der Waals surface area contributed by atoms with Gasteiger partial charge in [-0.1, -0.05) is 0 Å². The van der Waals surface area contributed by atoms with Crippen molar-refractivity contribution in [2.75, 3.05) is 11.9 Å². The van der Waals surface area contributed by atoms with Crippen LogP contribution in [0.5, 0.6) is 0 Å². The minimum atomic E-state index is -0.242. The van der Waals surface area contributed by atoms with Gasteiger partial charge in [0.1, 0.15) is 11.6 Å². The summed E-state index contributed by atoms with van der Waals surface area (Å²) in [4.78, 5) is 4.53. The van der Waals surface area contributed by atoms with Crippen LogP contribution in [0.15, 0.2) is 36.4 Å². The van der Waals surface area contributed by atoms with Crippen LogP contribution in [0.3, 0.4) is 0 Å². The van der Waals surface area contributed by atoms with Gasteiger partial charge in [-0.05, 0) is 49.9 Å². The summed E-state index contributed by atoms with van der Waals surface area (Å²) in [5, 5.41) is 8.09. The summed E-state index contributed by atoms with van der Waals surface area (Å²) in [7, 11) is 0. The maximum atomic E-state index is 13.1. The van der Waals surface area contributed by atoms with Crippen LogP contribution in [0.2, 0.25) is 0 Å². The van der Waals surface area contributed by atoms with Crippen LogP contribution < -0.4 is 5.32 Å². The number of halogens is 1. The minimum absolute atomic E-state index is 0.242. The first-order valence-electron chi connectivity index (χ1n) is 7.56. The molecule has 1 aliphatic carbocycles. The molecule has 2 heterocycles. The molecule has 0 spiro atoms. The van der Waals surface area contributed by atoms with Crippen molar-refractivity contribution in [2.24, 2.45) is 5.92 Å². The highest BCUT2D eigenvalue weighted by atomic mass is 19.1. The average molecular weight is 296 g/mol. The quantitative estimate of drug-likeness (QED) is 0.799. The topological polar surface area (TPSA) is 42.2 Å². The molecule has 1 saturated carbocycles. The first-order chi connectivity index (χ1) is 10.7. The van der Waals surface area contributed by atoms with Gasteiger partial charge in [0.05, 0.1) is 5.69 Å². The molecule has 0 saturated heterocycles. The summed E-state index contributed by atoms with van der Waals surface area (Å²) in [6.07, 6.45) is 2.61. The minimum Gasteiger partial charge on any atom is -0.370 e. The summed E-state index contributed by atoms with van der Waals surface area (Å²) in [5.74, 6) is 1.51. The highest BCUT2D eigenvalue weighted by molar-refractivity contribution is 5.65. The average Bonchev–Trinajstić information content (AvgIpc) is 3.23. The Bertz CT molecular complexity index is 819. The van der Waals surface area contributed by atoms with E-state index in [0.29, 0.717) is 0 Å². The molecule has 0 bridgehead atoms. The van der Waals surface area contributed by atoms with Crippen LogP contribution in [0.1, 0.15) is 18.5 Å². The predicted octanol–water partition coefficient (Wildman–Crippen LogP) is 3.67. The van der Waals surface area contributed by atoms with Crippen molar-refractivity contribution in [1.82, 2.24) is 14.6 Å². The van der Waals surface area contributed by atoms with E-state index in [-0.39, 0.29) is 5.82 Å². The monoisotopic (exact) mass is 296 g/mol. The lowest BCUT2D eigenvalue weighted by molar-refractivity contribution is 0.628. The van der Waals surface area contributed by atoms with E-state index >= 15 is 0 Å². The molecule has 1 aliphatic rings. The molecule has 1 aromatic carbocycles. The van der Waals surface area contributed by atoms with E-state index < -0.39 is 0 Å². The van der Waals surface area contributed by atoms with Gasteiger partial charge in [0.2, 0.25) is 0 Å². The van der Waals surface area contributed by atoms with E-state index in [1.54, 1.807) is 12.1 Å². The zero-order valence-corrected chi connectivity index (χ0v) is 12.4. The van der Waals surface area contributed by atoms with Crippen LogP contribution in [0.25, 0.3) is 16.9 Å². The molecule has 0 amide bonds. The van der Waals surface area contributed by atoms with Crippen molar-refractivity contribution in [3.8, 4) is 11.3 Å². The Morgan fingerprint density at radius 1 is 1.23 bits per heavy atom. The number of nitrogens with one attached hydrogen (secondary N) is 1. The normalized spacial score (nSPS) is 14.5. The van der Waals surface area contributed by atoms with E-state index in [1.165, 1.54) is 25.0 Å². The van der Waals surface area contributed by atoms with Gasteiger partial charge in [0.15, 0.2) is 5.65 Å². The lowest BCUT2D eigenvalue weighted by atomic mass is 10.1. The molecular weight excluding hydrogens is 279 g/mol. The number of hydrogen-bond acceptors (Lipinski definition) is 3. The molecule has 0 unspecified atom stereocenters. The first kappa shape index (κ1) is 13.2. The van der Waals surface area contributed by atoms with Crippen molar-refractivity contribution >= 4 is 11.5 Å². The third kappa shape index (κ3) is 2.54. The third-order valence-electron chi connectivity index (χ3n) is 3.96. The number of hydrogen-bond donors (Lipinski definition) is 1. The molecule has 5 heteroatoms. The van der Waals surface area contributed by atoms with E-state index in [4.69, 9.17) is 0 Å². The zero-order chi connectivity index (χ0) is 15.1. The van der Waals surface area contributed by atoms with Crippen molar-refractivity contribution < 1.29 is 4.39 Å². The van der Waals surface area contributed by atoms with E-state index in [0.717, 1.165) is 40.9 Å². The van der Waals surface area contributed by atoms with Gasteiger partial charge >= 0.3 is 0 Å². The number of rotatable bonds is 4. The van der Waals surface area contributed by atoms with Gasteiger partial charge in [0, 0.05) is 29.9 Å². The molecule has 112 valence electrons. The second kappa shape index (κ2) is 5.09. The summed E-state index contributed by atoms with van der Waals surface area (Å²) >= 11 is 0. The summed E-state index contributed by atoms with van der Waals surface area (Å²) in [6.45, 7) is 2.96. The van der Waals surface area contributed by atoms with Crippen LogP contribution in [-0.2, 0) is 0 Å². The lowest BCUT2D eigenvalue weighted by Crippen LogP contribution is -2.09. The Labute approximate surface area is 128 Å². The van der Waals surface area contributed by atoms with Gasteiger partial charge in [-0.25, -0.2) is 9.37 Å². The van der Waals surface area contributed by atoms with Crippen molar-refractivity contribution in [1.29, 1.82) is 0 Å². The smallest absolute Gasteiger partial charge is 0.158 e. The molecule has 0 radical (unpaired) electrons. The molecule has 22 heavy (non-hydrogen) atoms. The summed E-state index contributed by atoms with van der Waals surface area (Å²) in [5.41, 5.74) is 3.44. The number of anilines is 1. The van der Waals surface area contributed by atoms with Crippen molar-refractivity contribution in [2.45, 2.75) is 19.8 Å².